The molecule has 0 bridgehead atoms. The molecule has 3 aromatic heterocycles. The summed E-state index contributed by atoms with van der Waals surface area (Å²) in [5.74, 6) is 0.820. The number of rotatable bonds is 2. The van der Waals surface area contributed by atoms with Crippen LogP contribution in [-0.4, -0.2) is 19.6 Å². The summed E-state index contributed by atoms with van der Waals surface area (Å²) in [5.41, 5.74) is 3.31. The first-order valence-electron chi connectivity index (χ1n) is 11.1. The Hall–Kier alpha value is -3.82. The number of aromatic nitrogens is 4. The number of para-hydroxylation sites is 1. The monoisotopic (exact) mass is 600 g/mol. The van der Waals surface area contributed by atoms with Crippen LogP contribution in [0.25, 0.3) is 28.0 Å². The van der Waals surface area contributed by atoms with E-state index in [1.54, 1.807) is 16.9 Å². The van der Waals surface area contributed by atoms with E-state index in [2.05, 4.69) is 41.9 Å². The molecule has 0 saturated carbocycles. The summed E-state index contributed by atoms with van der Waals surface area (Å²) >= 11 is 7.16. The first-order chi connectivity index (χ1) is 17.6. The fourth-order valence-electron chi connectivity index (χ4n) is 4.71. The fourth-order valence-corrected chi connectivity index (χ4v) is 5.58. The van der Waals surface area contributed by atoms with Crippen molar-refractivity contribution in [3.8, 4) is 23.0 Å². The Kier molecular flexibility index (Phi) is 4.83. The van der Waals surface area contributed by atoms with Gasteiger partial charge in [-0.15, -0.1) is 5.10 Å². The van der Waals surface area contributed by atoms with Crippen molar-refractivity contribution in [3.63, 3.8) is 0 Å². The van der Waals surface area contributed by atoms with E-state index in [0.717, 1.165) is 20.1 Å². The maximum Gasteiger partial charge on any atom is 0.344 e. The molecule has 1 unspecified atom stereocenters. The molecule has 1 atom stereocenters. The SMILES string of the molecule is O=c1oc2ccccc2c2c1C(c1cccc(Br)c1)c1c(ncn3nc(-c4ccccc4Br)nc13)O2. The van der Waals surface area contributed by atoms with E-state index in [1.807, 2.05) is 66.7 Å². The highest BCUT2D eigenvalue weighted by molar-refractivity contribution is 9.10. The minimum Gasteiger partial charge on any atom is -0.437 e. The number of hydrogen-bond donors (Lipinski definition) is 0. The average molecular weight is 602 g/mol. The van der Waals surface area contributed by atoms with Gasteiger partial charge < -0.3 is 9.15 Å². The molecule has 0 N–H and O–H groups in total. The highest BCUT2D eigenvalue weighted by Crippen LogP contribution is 2.49. The third kappa shape index (κ3) is 3.23. The molecule has 9 heteroatoms. The van der Waals surface area contributed by atoms with Gasteiger partial charge in [-0.2, -0.15) is 0 Å². The molecule has 1 aliphatic heterocycles. The lowest BCUT2D eigenvalue weighted by Gasteiger charge is -2.27. The van der Waals surface area contributed by atoms with Crippen LogP contribution < -0.4 is 10.4 Å². The number of nitrogens with zero attached hydrogens (tertiary/aromatic N) is 4. The minimum absolute atomic E-state index is 0.377. The average Bonchev–Trinajstić information content (AvgIpc) is 3.32. The van der Waals surface area contributed by atoms with Crippen molar-refractivity contribution in [3.05, 3.63) is 115 Å². The zero-order valence-corrected chi connectivity index (χ0v) is 21.5. The van der Waals surface area contributed by atoms with Gasteiger partial charge in [-0.05, 0) is 42.0 Å². The van der Waals surface area contributed by atoms with Gasteiger partial charge in [-0.25, -0.2) is 19.3 Å². The highest BCUT2D eigenvalue weighted by Gasteiger charge is 2.37. The fraction of sp³-hybridized carbons (Fsp3) is 0.0370. The molecule has 1 aliphatic rings. The summed E-state index contributed by atoms with van der Waals surface area (Å²) in [6.45, 7) is 0. The van der Waals surface area contributed by atoms with Crippen LogP contribution >= 0.6 is 31.9 Å². The van der Waals surface area contributed by atoms with Crippen molar-refractivity contribution in [2.24, 2.45) is 0 Å². The van der Waals surface area contributed by atoms with Crippen LogP contribution in [0, 0.1) is 0 Å². The second kappa shape index (κ2) is 8.11. The van der Waals surface area contributed by atoms with E-state index in [9.17, 15) is 4.79 Å². The maximum absolute atomic E-state index is 13.4. The van der Waals surface area contributed by atoms with Gasteiger partial charge in [0, 0.05) is 14.5 Å². The first kappa shape index (κ1) is 21.5. The summed E-state index contributed by atoms with van der Waals surface area (Å²) in [6, 6.07) is 22.9. The van der Waals surface area contributed by atoms with Gasteiger partial charge in [0.2, 0.25) is 5.88 Å². The summed E-state index contributed by atoms with van der Waals surface area (Å²) in [6.07, 6.45) is 1.58. The van der Waals surface area contributed by atoms with Crippen molar-refractivity contribution in [1.29, 1.82) is 0 Å². The number of benzene rings is 3. The van der Waals surface area contributed by atoms with Crippen molar-refractivity contribution < 1.29 is 9.15 Å². The normalized spacial score (nSPS) is 14.4. The predicted molar refractivity (Wildman–Crippen MR) is 142 cm³/mol. The molecule has 3 aromatic carbocycles. The van der Waals surface area contributed by atoms with Crippen LogP contribution in [0.5, 0.6) is 11.6 Å². The second-order valence-corrected chi connectivity index (χ2v) is 10.1. The number of fused-ring (bicyclic) bond motifs is 6. The maximum atomic E-state index is 13.4. The summed E-state index contributed by atoms with van der Waals surface area (Å²) in [4.78, 5) is 22.9. The van der Waals surface area contributed by atoms with Gasteiger partial charge in [-0.3, -0.25) is 0 Å². The number of ether oxygens (including phenoxy) is 1. The van der Waals surface area contributed by atoms with Crippen LogP contribution in [-0.2, 0) is 0 Å². The number of halogens is 2. The van der Waals surface area contributed by atoms with Gasteiger partial charge >= 0.3 is 5.63 Å². The van der Waals surface area contributed by atoms with E-state index in [4.69, 9.17) is 14.1 Å². The Balaban J connectivity index is 1.56. The van der Waals surface area contributed by atoms with Gasteiger partial charge in [0.25, 0.3) is 0 Å². The van der Waals surface area contributed by atoms with Crippen molar-refractivity contribution in [2.75, 3.05) is 0 Å². The van der Waals surface area contributed by atoms with Crippen molar-refractivity contribution >= 4 is 48.5 Å². The smallest absolute Gasteiger partial charge is 0.344 e. The second-order valence-electron chi connectivity index (χ2n) is 8.37. The zero-order valence-electron chi connectivity index (χ0n) is 18.4. The lowest BCUT2D eigenvalue weighted by atomic mass is 9.84. The molecular formula is C27H14Br2N4O3. The van der Waals surface area contributed by atoms with Crippen LogP contribution in [0.4, 0.5) is 0 Å². The minimum atomic E-state index is -0.533. The van der Waals surface area contributed by atoms with E-state index in [0.29, 0.717) is 45.2 Å². The summed E-state index contributed by atoms with van der Waals surface area (Å²) < 4.78 is 15.4. The van der Waals surface area contributed by atoms with Crippen molar-refractivity contribution in [1.82, 2.24) is 19.6 Å². The molecule has 6 aromatic rings. The molecule has 0 amide bonds. The predicted octanol–water partition coefficient (Wildman–Crippen LogP) is 6.71. The molecule has 36 heavy (non-hydrogen) atoms. The van der Waals surface area contributed by atoms with Gasteiger partial charge in [0.15, 0.2) is 17.2 Å². The molecular weight excluding hydrogens is 588 g/mol. The lowest BCUT2D eigenvalue weighted by molar-refractivity contribution is 0.422. The Morgan fingerprint density at radius 1 is 0.917 bits per heavy atom. The van der Waals surface area contributed by atoms with Crippen LogP contribution in [0.2, 0.25) is 0 Å². The summed E-state index contributed by atoms with van der Waals surface area (Å²) in [7, 11) is 0. The van der Waals surface area contributed by atoms with Gasteiger partial charge in [0.1, 0.15) is 11.9 Å². The number of hydrogen-bond acceptors (Lipinski definition) is 6. The Labute approximate surface area is 220 Å². The van der Waals surface area contributed by atoms with E-state index in [1.165, 1.54) is 0 Å². The molecule has 174 valence electrons. The Morgan fingerprint density at radius 2 is 1.75 bits per heavy atom. The lowest BCUT2D eigenvalue weighted by Crippen LogP contribution is -2.22. The Bertz CT molecular complexity index is 1900. The molecule has 0 radical (unpaired) electrons. The van der Waals surface area contributed by atoms with Crippen molar-refractivity contribution in [2.45, 2.75) is 5.92 Å². The summed E-state index contributed by atoms with van der Waals surface area (Å²) in [5, 5.41) is 5.38. The van der Waals surface area contributed by atoms with Gasteiger partial charge in [0.05, 0.1) is 22.4 Å². The zero-order chi connectivity index (χ0) is 24.4. The van der Waals surface area contributed by atoms with Crippen LogP contribution in [0.15, 0.2) is 97.3 Å². The van der Waals surface area contributed by atoms with Gasteiger partial charge in [-0.1, -0.05) is 68.3 Å². The molecule has 0 spiro atoms. The molecule has 0 saturated heterocycles. The highest BCUT2D eigenvalue weighted by atomic mass is 79.9. The molecule has 0 aliphatic carbocycles. The Morgan fingerprint density at radius 3 is 2.61 bits per heavy atom. The van der Waals surface area contributed by atoms with E-state index < -0.39 is 11.5 Å². The molecule has 7 rings (SSSR count). The molecule has 0 fully saturated rings. The topological polar surface area (TPSA) is 82.5 Å². The van der Waals surface area contributed by atoms with E-state index >= 15 is 0 Å². The van der Waals surface area contributed by atoms with E-state index in [-0.39, 0.29) is 0 Å². The standard InChI is InChI=1S/C27H14Br2N4O3/c28-15-7-5-6-14(12-15)20-21-23(17-9-2-4-11-19(17)35-27(21)34)36-26-22(20)25-31-24(32-33(25)13-30-26)16-8-1-3-10-18(16)29/h1-13,20H. The molecule has 7 nitrogen and oxygen atoms in total. The van der Waals surface area contributed by atoms with Crippen LogP contribution in [0.1, 0.15) is 22.6 Å². The largest absolute Gasteiger partial charge is 0.437 e. The third-order valence-electron chi connectivity index (χ3n) is 6.26. The molecule has 4 heterocycles. The third-order valence-corrected chi connectivity index (χ3v) is 7.44. The van der Waals surface area contributed by atoms with Crippen LogP contribution in [0.3, 0.4) is 0 Å². The quantitative estimate of drug-likeness (QED) is 0.205. The first-order valence-corrected chi connectivity index (χ1v) is 12.7.